The fraction of sp³-hybridized carbons (Fsp3) is 0.304. The molecule has 3 aromatic rings. The predicted molar refractivity (Wildman–Crippen MR) is 114 cm³/mol. The van der Waals surface area contributed by atoms with E-state index in [9.17, 15) is 9.59 Å². The van der Waals surface area contributed by atoms with Gasteiger partial charge in [-0.05, 0) is 29.5 Å². The maximum Gasteiger partial charge on any atom is 0.264 e. The molecule has 4 rings (SSSR count). The zero-order valence-electron chi connectivity index (χ0n) is 16.7. The minimum atomic E-state index is -0.864. The Morgan fingerprint density at radius 1 is 1.21 bits per heavy atom. The Hall–Kier alpha value is -3.12. The third kappa shape index (κ3) is 3.63. The van der Waals surface area contributed by atoms with E-state index in [1.807, 2.05) is 66.9 Å². The van der Waals surface area contributed by atoms with Gasteiger partial charge in [0.05, 0.1) is 17.3 Å². The van der Waals surface area contributed by atoms with E-state index in [-0.39, 0.29) is 17.7 Å². The molecule has 0 bridgehead atoms. The predicted octanol–water partition coefficient (Wildman–Crippen LogP) is 2.93. The van der Waals surface area contributed by atoms with Gasteiger partial charge in [-0.1, -0.05) is 62.4 Å². The lowest BCUT2D eigenvalue weighted by atomic mass is 10.0. The molecule has 2 heterocycles. The van der Waals surface area contributed by atoms with Gasteiger partial charge in [0.1, 0.15) is 0 Å². The summed E-state index contributed by atoms with van der Waals surface area (Å²) in [5.74, 6) is -0.280. The van der Waals surface area contributed by atoms with Crippen molar-refractivity contribution in [2.45, 2.75) is 39.0 Å². The van der Waals surface area contributed by atoms with Gasteiger partial charge in [0.2, 0.25) is 5.91 Å². The zero-order valence-corrected chi connectivity index (χ0v) is 16.7. The van der Waals surface area contributed by atoms with Crippen LogP contribution in [0, 0.1) is 5.92 Å². The van der Waals surface area contributed by atoms with Gasteiger partial charge in [-0.2, -0.15) is 0 Å². The van der Waals surface area contributed by atoms with Crippen molar-refractivity contribution in [3.63, 3.8) is 0 Å². The molecule has 2 amide bonds. The summed E-state index contributed by atoms with van der Waals surface area (Å²) < 4.78 is 1.93. The molecule has 0 saturated carbocycles. The number of nitrogens with two attached hydrogens (primary N) is 1. The number of carbonyl (C=O) groups is 2. The molecule has 0 spiro atoms. The van der Waals surface area contributed by atoms with Crippen LogP contribution in [0.1, 0.15) is 32.0 Å². The topological polar surface area (TPSA) is 89.2 Å². The van der Waals surface area contributed by atoms with Crippen LogP contribution in [0.5, 0.6) is 0 Å². The molecule has 4 N–H and O–H groups in total. The minimum Gasteiger partial charge on any atom is -0.348 e. The lowest BCUT2D eigenvalue weighted by Crippen LogP contribution is -2.48. The van der Waals surface area contributed by atoms with E-state index >= 15 is 0 Å². The first-order valence-electron chi connectivity index (χ1n) is 9.97. The Bertz CT molecular complexity index is 1060. The average molecular weight is 390 g/mol. The lowest BCUT2D eigenvalue weighted by Gasteiger charge is -2.23. The van der Waals surface area contributed by atoms with E-state index < -0.39 is 12.2 Å². The highest BCUT2D eigenvalue weighted by atomic mass is 16.2. The van der Waals surface area contributed by atoms with Gasteiger partial charge in [-0.15, -0.1) is 0 Å². The van der Waals surface area contributed by atoms with Gasteiger partial charge in [-0.25, -0.2) is 0 Å². The first kappa shape index (κ1) is 19.2. The van der Waals surface area contributed by atoms with E-state index in [1.54, 1.807) is 0 Å². The molecule has 0 radical (unpaired) electrons. The molecule has 1 unspecified atom stereocenters. The Labute approximate surface area is 170 Å². The van der Waals surface area contributed by atoms with E-state index in [0.29, 0.717) is 13.0 Å². The SMILES string of the molecule is CC(C)C[C@H](N)C(=O)NC1C(=O)NCc2cccc3cc(-c4ccccc4)n1c23. The largest absolute Gasteiger partial charge is 0.348 e. The molecule has 0 saturated heterocycles. The molecule has 2 aromatic carbocycles. The third-order valence-electron chi connectivity index (χ3n) is 5.31. The summed E-state index contributed by atoms with van der Waals surface area (Å²) in [4.78, 5) is 25.8. The van der Waals surface area contributed by atoms with Crippen LogP contribution in [0.25, 0.3) is 22.2 Å². The maximum absolute atomic E-state index is 13.0. The van der Waals surface area contributed by atoms with Crippen LogP contribution in [0.2, 0.25) is 0 Å². The maximum atomic E-state index is 13.0. The van der Waals surface area contributed by atoms with Crippen LogP contribution >= 0.6 is 0 Å². The highest BCUT2D eigenvalue weighted by molar-refractivity contribution is 5.96. The van der Waals surface area contributed by atoms with Crippen LogP contribution in [-0.4, -0.2) is 22.4 Å². The van der Waals surface area contributed by atoms with Crippen molar-refractivity contribution in [1.29, 1.82) is 0 Å². The molecule has 2 atom stereocenters. The van der Waals surface area contributed by atoms with Crippen LogP contribution in [0.4, 0.5) is 0 Å². The van der Waals surface area contributed by atoms with Crippen molar-refractivity contribution in [3.8, 4) is 11.3 Å². The van der Waals surface area contributed by atoms with E-state index in [0.717, 1.165) is 27.7 Å². The summed E-state index contributed by atoms with van der Waals surface area (Å²) in [5, 5.41) is 6.87. The first-order chi connectivity index (χ1) is 14.0. The Balaban J connectivity index is 1.84. The molecule has 6 nitrogen and oxygen atoms in total. The Morgan fingerprint density at radius 2 is 1.97 bits per heavy atom. The number of amides is 2. The van der Waals surface area contributed by atoms with Crippen LogP contribution in [0.15, 0.2) is 54.6 Å². The fourth-order valence-electron chi connectivity index (χ4n) is 3.98. The molecule has 6 heteroatoms. The monoisotopic (exact) mass is 390 g/mol. The van der Waals surface area contributed by atoms with Crippen molar-refractivity contribution in [3.05, 3.63) is 60.2 Å². The fourth-order valence-corrected chi connectivity index (χ4v) is 3.98. The van der Waals surface area contributed by atoms with Gasteiger partial charge >= 0.3 is 0 Å². The molecule has 150 valence electrons. The third-order valence-corrected chi connectivity index (χ3v) is 5.31. The summed E-state index contributed by atoms with van der Waals surface area (Å²) >= 11 is 0. The van der Waals surface area contributed by atoms with Crippen molar-refractivity contribution in [2.24, 2.45) is 11.7 Å². The molecular formula is C23H26N4O2. The normalized spacial score (nSPS) is 17.1. The smallest absolute Gasteiger partial charge is 0.264 e. The molecule has 0 aliphatic carbocycles. The summed E-state index contributed by atoms with van der Waals surface area (Å²) in [6, 6.07) is 17.3. The molecular weight excluding hydrogens is 364 g/mol. The van der Waals surface area contributed by atoms with Gasteiger partial charge < -0.3 is 20.9 Å². The van der Waals surface area contributed by atoms with Gasteiger partial charge in [0.25, 0.3) is 5.91 Å². The summed E-state index contributed by atoms with van der Waals surface area (Å²) in [6.45, 7) is 4.45. The van der Waals surface area contributed by atoms with Gasteiger partial charge in [-0.3, -0.25) is 9.59 Å². The number of carbonyl (C=O) groups excluding carboxylic acids is 2. The van der Waals surface area contributed by atoms with E-state index in [4.69, 9.17) is 5.73 Å². The summed E-state index contributed by atoms with van der Waals surface area (Å²) in [6.07, 6.45) is -0.305. The second-order valence-electron chi connectivity index (χ2n) is 7.99. The van der Waals surface area contributed by atoms with Crippen LogP contribution < -0.4 is 16.4 Å². The number of aromatic nitrogens is 1. The van der Waals surface area contributed by atoms with Crippen molar-refractivity contribution in [2.75, 3.05) is 0 Å². The summed E-state index contributed by atoms with van der Waals surface area (Å²) in [5.41, 5.74) is 9.91. The van der Waals surface area contributed by atoms with Crippen LogP contribution in [0.3, 0.4) is 0 Å². The highest BCUT2D eigenvalue weighted by Gasteiger charge is 2.31. The van der Waals surface area contributed by atoms with E-state index in [2.05, 4.69) is 16.7 Å². The number of hydrogen-bond acceptors (Lipinski definition) is 3. The van der Waals surface area contributed by atoms with E-state index in [1.165, 1.54) is 0 Å². The van der Waals surface area contributed by atoms with Crippen LogP contribution in [-0.2, 0) is 16.1 Å². The average Bonchev–Trinajstić information content (AvgIpc) is 3.03. The quantitative estimate of drug-likeness (QED) is 0.626. The molecule has 1 aliphatic rings. The lowest BCUT2D eigenvalue weighted by molar-refractivity contribution is -0.131. The molecule has 1 aliphatic heterocycles. The number of nitrogens with one attached hydrogen (secondary N) is 2. The number of hydrogen-bond donors (Lipinski definition) is 3. The Morgan fingerprint density at radius 3 is 2.69 bits per heavy atom. The number of nitrogens with zero attached hydrogens (tertiary/aromatic N) is 1. The number of para-hydroxylation sites is 1. The second kappa shape index (κ2) is 7.72. The van der Waals surface area contributed by atoms with Crippen molar-refractivity contribution in [1.82, 2.24) is 15.2 Å². The highest BCUT2D eigenvalue weighted by Crippen LogP contribution is 2.34. The van der Waals surface area contributed by atoms with Gasteiger partial charge in [0, 0.05) is 11.9 Å². The van der Waals surface area contributed by atoms with Crippen molar-refractivity contribution >= 4 is 22.7 Å². The zero-order chi connectivity index (χ0) is 20.5. The standard InChI is InChI=1S/C23H26N4O2/c1-14(2)11-18(24)22(28)26-21-23(29)25-13-17-10-6-9-16-12-19(27(21)20(16)17)15-7-4-3-5-8-15/h3-10,12,14,18,21H,11,13,24H2,1-2H3,(H,25,29)(H,26,28)/t18-,21?/m0/s1. The summed E-state index contributed by atoms with van der Waals surface area (Å²) in [7, 11) is 0. The molecule has 1 aromatic heterocycles. The minimum absolute atomic E-state index is 0.249. The molecule has 29 heavy (non-hydrogen) atoms. The number of rotatable bonds is 5. The first-order valence-corrected chi connectivity index (χ1v) is 9.97. The van der Waals surface area contributed by atoms with Gasteiger partial charge in [0.15, 0.2) is 6.17 Å². The second-order valence-corrected chi connectivity index (χ2v) is 7.99. The molecule has 0 fully saturated rings. The van der Waals surface area contributed by atoms with Crippen molar-refractivity contribution < 1.29 is 9.59 Å². The number of benzene rings is 2. The Kier molecular flexibility index (Phi) is 5.11.